The van der Waals surface area contributed by atoms with Crippen molar-refractivity contribution in [2.75, 3.05) is 0 Å². The van der Waals surface area contributed by atoms with Crippen LogP contribution in [0.5, 0.6) is 0 Å². The van der Waals surface area contributed by atoms with Crippen LogP contribution in [0.1, 0.15) is 46.0 Å². The molecule has 6 N–H and O–H groups in total. The maximum absolute atomic E-state index is 5.71. The van der Waals surface area contributed by atoms with Gasteiger partial charge in [-0.2, -0.15) is 0 Å². The molecular formula is C10H24N4. The molecular weight excluding hydrogens is 176 g/mol. The molecule has 3 unspecified atom stereocenters. The largest absolute Gasteiger partial charge is 0.271 e. The highest BCUT2D eigenvalue weighted by Crippen LogP contribution is 2.36. The molecule has 0 radical (unpaired) electrons. The Morgan fingerprint density at radius 3 is 2.64 bits per heavy atom. The van der Waals surface area contributed by atoms with Crippen LogP contribution < -0.4 is 22.5 Å². The average molecular weight is 200 g/mol. The van der Waals surface area contributed by atoms with Crippen molar-refractivity contribution in [2.45, 2.75) is 57.5 Å². The maximum atomic E-state index is 5.71. The zero-order valence-corrected chi connectivity index (χ0v) is 9.34. The smallest absolute Gasteiger partial charge is 0.0362 e. The van der Waals surface area contributed by atoms with E-state index in [4.69, 9.17) is 11.7 Å². The van der Waals surface area contributed by atoms with Crippen LogP contribution in [0.3, 0.4) is 0 Å². The van der Waals surface area contributed by atoms with Crippen LogP contribution in [0.4, 0.5) is 0 Å². The Kier molecular flexibility index (Phi) is 4.31. The lowest BCUT2D eigenvalue weighted by Gasteiger charge is -2.46. The van der Waals surface area contributed by atoms with Gasteiger partial charge in [-0.3, -0.25) is 22.5 Å². The lowest BCUT2D eigenvalue weighted by atomic mass is 9.69. The zero-order chi connectivity index (χ0) is 10.6. The van der Waals surface area contributed by atoms with E-state index in [-0.39, 0.29) is 5.54 Å². The van der Waals surface area contributed by atoms with E-state index in [2.05, 4.69) is 24.7 Å². The fourth-order valence-corrected chi connectivity index (χ4v) is 2.80. The van der Waals surface area contributed by atoms with Crippen LogP contribution in [0.25, 0.3) is 0 Å². The van der Waals surface area contributed by atoms with Crippen LogP contribution in [0.2, 0.25) is 0 Å². The Labute approximate surface area is 86.7 Å². The van der Waals surface area contributed by atoms with Gasteiger partial charge in [0.1, 0.15) is 0 Å². The first-order valence-corrected chi connectivity index (χ1v) is 5.64. The summed E-state index contributed by atoms with van der Waals surface area (Å²) in [6.07, 6.45) is 5.81. The van der Waals surface area contributed by atoms with Gasteiger partial charge in [-0.15, -0.1) is 0 Å². The molecule has 1 aliphatic carbocycles. The van der Waals surface area contributed by atoms with Crippen molar-refractivity contribution in [3.05, 3.63) is 0 Å². The monoisotopic (exact) mass is 200 g/mol. The van der Waals surface area contributed by atoms with Crippen molar-refractivity contribution in [3.8, 4) is 0 Å². The number of nitrogens with two attached hydrogens (primary N) is 2. The van der Waals surface area contributed by atoms with E-state index in [1.54, 1.807) is 0 Å². The number of hydrazine groups is 2. The molecule has 1 rings (SSSR count). The van der Waals surface area contributed by atoms with E-state index < -0.39 is 0 Å². The van der Waals surface area contributed by atoms with Crippen LogP contribution in [-0.4, -0.2) is 11.6 Å². The maximum Gasteiger partial charge on any atom is 0.0362 e. The second kappa shape index (κ2) is 5.07. The molecule has 0 aromatic carbocycles. The Balaban J connectivity index is 2.72. The van der Waals surface area contributed by atoms with Gasteiger partial charge in [0.05, 0.1) is 0 Å². The third-order valence-corrected chi connectivity index (χ3v) is 3.81. The normalized spacial score (nSPS) is 38.6. The van der Waals surface area contributed by atoms with Crippen molar-refractivity contribution in [2.24, 2.45) is 17.6 Å². The second-order valence-electron chi connectivity index (χ2n) is 4.50. The summed E-state index contributed by atoms with van der Waals surface area (Å²) in [5.41, 5.74) is 6.03. The molecule has 0 heterocycles. The van der Waals surface area contributed by atoms with E-state index in [9.17, 15) is 0 Å². The summed E-state index contributed by atoms with van der Waals surface area (Å²) < 4.78 is 0. The van der Waals surface area contributed by atoms with Crippen LogP contribution in [0, 0.1) is 5.92 Å². The van der Waals surface area contributed by atoms with Crippen molar-refractivity contribution < 1.29 is 0 Å². The summed E-state index contributed by atoms with van der Waals surface area (Å²) in [5.74, 6) is 11.8. The average Bonchev–Trinajstić information content (AvgIpc) is 2.21. The molecule has 1 aliphatic rings. The molecule has 0 amide bonds. The quantitative estimate of drug-likeness (QED) is 0.397. The molecule has 0 bridgehead atoms. The van der Waals surface area contributed by atoms with Crippen LogP contribution in [-0.2, 0) is 0 Å². The fraction of sp³-hybridized carbons (Fsp3) is 1.00. The summed E-state index contributed by atoms with van der Waals surface area (Å²) in [7, 11) is 0. The van der Waals surface area contributed by atoms with Crippen LogP contribution in [0.15, 0.2) is 0 Å². The number of rotatable bonds is 4. The fourth-order valence-electron chi connectivity index (χ4n) is 2.80. The summed E-state index contributed by atoms with van der Waals surface area (Å²) >= 11 is 0. The van der Waals surface area contributed by atoms with E-state index in [1.807, 2.05) is 0 Å². The molecule has 0 aromatic rings. The molecule has 84 valence electrons. The first kappa shape index (κ1) is 11.9. The van der Waals surface area contributed by atoms with Crippen molar-refractivity contribution in [1.82, 2.24) is 10.9 Å². The summed E-state index contributed by atoms with van der Waals surface area (Å²) in [5, 5.41) is 0. The van der Waals surface area contributed by atoms with Gasteiger partial charge >= 0.3 is 0 Å². The van der Waals surface area contributed by atoms with Crippen molar-refractivity contribution in [3.63, 3.8) is 0 Å². The first-order valence-electron chi connectivity index (χ1n) is 5.64. The molecule has 3 atom stereocenters. The minimum Gasteiger partial charge on any atom is -0.271 e. The van der Waals surface area contributed by atoms with E-state index in [0.29, 0.717) is 12.0 Å². The highest BCUT2D eigenvalue weighted by molar-refractivity contribution is 4.99. The summed E-state index contributed by atoms with van der Waals surface area (Å²) in [6, 6.07) is 0.395. The van der Waals surface area contributed by atoms with Gasteiger partial charge < -0.3 is 0 Å². The van der Waals surface area contributed by atoms with Crippen molar-refractivity contribution >= 4 is 0 Å². The Hall–Kier alpha value is -0.160. The predicted octanol–water partition coefficient (Wildman–Crippen LogP) is 0.641. The number of hydrogen-bond donors (Lipinski definition) is 4. The molecule has 0 spiro atoms. The third-order valence-electron chi connectivity index (χ3n) is 3.81. The predicted molar refractivity (Wildman–Crippen MR) is 59.1 cm³/mol. The summed E-state index contributed by atoms with van der Waals surface area (Å²) in [6.45, 7) is 4.44. The highest BCUT2D eigenvalue weighted by atomic mass is 15.3. The lowest BCUT2D eigenvalue weighted by molar-refractivity contribution is 0.106. The van der Waals surface area contributed by atoms with Gasteiger partial charge in [0.25, 0.3) is 0 Å². The molecule has 14 heavy (non-hydrogen) atoms. The zero-order valence-electron chi connectivity index (χ0n) is 9.34. The molecule has 0 saturated heterocycles. The van der Waals surface area contributed by atoms with Gasteiger partial charge in [0.2, 0.25) is 0 Å². The minimum absolute atomic E-state index is 0.0873. The topological polar surface area (TPSA) is 76.1 Å². The molecule has 4 nitrogen and oxygen atoms in total. The van der Waals surface area contributed by atoms with Crippen LogP contribution >= 0.6 is 0 Å². The Morgan fingerprint density at radius 1 is 1.43 bits per heavy atom. The van der Waals surface area contributed by atoms with Crippen molar-refractivity contribution in [1.29, 1.82) is 0 Å². The SMILES string of the molecule is CCCC1(NN)CCCC(NN)C1C. The standard InChI is InChI=1S/C10H24N4/c1-3-6-10(14-12)7-4-5-9(13-11)8(10)2/h8-9,13-14H,3-7,11-12H2,1-2H3. The van der Waals surface area contributed by atoms with E-state index in [1.165, 1.54) is 6.42 Å². The van der Waals surface area contributed by atoms with Gasteiger partial charge in [0, 0.05) is 11.6 Å². The lowest BCUT2D eigenvalue weighted by Crippen LogP contribution is -2.62. The first-order chi connectivity index (χ1) is 6.70. The third kappa shape index (κ3) is 2.08. The number of hydrogen-bond acceptors (Lipinski definition) is 4. The van der Waals surface area contributed by atoms with E-state index in [0.717, 1.165) is 25.7 Å². The van der Waals surface area contributed by atoms with Gasteiger partial charge in [-0.25, -0.2) is 0 Å². The Morgan fingerprint density at radius 2 is 2.14 bits per heavy atom. The molecule has 0 aliphatic heterocycles. The molecule has 1 fully saturated rings. The minimum atomic E-state index is 0.0873. The Bertz CT molecular complexity index is 170. The summed E-state index contributed by atoms with van der Waals surface area (Å²) in [4.78, 5) is 0. The number of nitrogens with one attached hydrogen (secondary N) is 2. The van der Waals surface area contributed by atoms with Gasteiger partial charge in [-0.05, 0) is 31.6 Å². The van der Waals surface area contributed by atoms with Gasteiger partial charge in [-0.1, -0.05) is 20.3 Å². The second-order valence-corrected chi connectivity index (χ2v) is 4.50. The molecule has 1 saturated carbocycles. The molecule has 0 aromatic heterocycles. The van der Waals surface area contributed by atoms with E-state index >= 15 is 0 Å². The van der Waals surface area contributed by atoms with Gasteiger partial charge in [0.15, 0.2) is 0 Å². The highest BCUT2D eigenvalue weighted by Gasteiger charge is 2.41. The molecule has 4 heteroatoms.